The number of anilines is 1. The summed E-state index contributed by atoms with van der Waals surface area (Å²) in [6, 6.07) is 5.26. The van der Waals surface area contributed by atoms with Gasteiger partial charge in [0.05, 0.1) is 13.7 Å². The van der Waals surface area contributed by atoms with E-state index in [2.05, 4.69) is 30.9 Å². The smallest absolute Gasteiger partial charge is 0.328 e. The van der Waals surface area contributed by atoms with E-state index in [9.17, 15) is 24.0 Å². The Balaban J connectivity index is 1.58. The van der Waals surface area contributed by atoms with Gasteiger partial charge < -0.3 is 30.5 Å². The fourth-order valence-electron chi connectivity index (χ4n) is 5.69. The molecule has 3 atom stereocenters. The molecule has 2 saturated heterocycles. The number of nitrogens with zero attached hydrogens (tertiary/aromatic N) is 5. The Hall–Kier alpha value is -4.32. The third-order valence-corrected chi connectivity index (χ3v) is 7.89. The molecule has 44 heavy (non-hydrogen) atoms. The predicted molar refractivity (Wildman–Crippen MR) is 163 cm³/mol. The number of carbonyl (C=O) groups excluding carboxylic acids is 5. The van der Waals surface area contributed by atoms with E-state index in [4.69, 9.17) is 10.3 Å². The van der Waals surface area contributed by atoms with Crippen LogP contribution in [-0.2, 0) is 35.1 Å². The standard InChI is InChI=1S/C30H44N8O6/c1-19(2)16-25(29(42)38-13-5-6-26(38)30(43)44-4)34-27(40)18-32-28(41)24(33-20(3)39)17-21-7-9-23(10-8-21)37-14-11-22(12-15-37)35-36-31/h7-10,19,22,24-26H,5-6,11-18H2,1-4H3,(H,32,41)(H,33,39)(H,34,40)/t24-,25-,26-/m0/s1. The highest BCUT2D eigenvalue weighted by atomic mass is 16.5. The molecule has 1 aromatic rings. The summed E-state index contributed by atoms with van der Waals surface area (Å²) in [4.78, 5) is 69.9. The minimum absolute atomic E-state index is 0.0140. The highest BCUT2D eigenvalue weighted by molar-refractivity contribution is 5.93. The van der Waals surface area contributed by atoms with E-state index in [1.54, 1.807) is 0 Å². The summed E-state index contributed by atoms with van der Waals surface area (Å²) in [7, 11) is 1.28. The number of azide groups is 1. The normalized spacial score (nSPS) is 18.2. The topological polar surface area (TPSA) is 186 Å². The van der Waals surface area contributed by atoms with Gasteiger partial charge in [-0.25, -0.2) is 4.79 Å². The number of amides is 4. The van der Waals surface area contributed by atoms with Crippen molar-refractivity contribution < 1.29 is 28.7 Å². The maximum absolute atomic E-state index is 13.3. The molecule has 0 bridgehead atoms. The second-order valence-corrected chi connectivity index (χ2v) is 11.7. The van der Waals surface area contributed by atoms with Gasteiger partial charge in [0.25, 0.3) is 0 Å². The van der Waals surface area contributed by atoms with E-state index in [-0.39, 0.29) is 36.7 Å². The Morgan fingerprint density at radius 3 is 2.30 bits per heavy atom. The minimum Gasteiger partial charge on any atom is -0.467 e. The number of piperidine rings is 1. The van der Waals surface area contributed by atoms with E-state index in [0.717, 1.165) is 37.2 Å². The molecule has 0 saturated carbocycles. The number of hydrogen-bond donors (Lipinski definition) is 3. The Morgan fingerprint density at radius 1 is 1.02 bits per heavy atom. The van der Waals surface area contributed by atoms with Gasteiger partial charge in [-0.1, -0.05) is 31.1 Å². The summed E-state index contributed by atoms with van der Waals surface area (Å²) < 4.78 is 4.85. The van der Waals surface area contributed by atoms with Crippen molar-refractivity contribution in [2.75, 3.05) is 38.2 Å². The average molecular weight is 613 g/mol. The van der Waals surface area contributed by atoms with Gasteiger partial charge in [-0.05, 0) is 61.2 Å². The quantitative estimate of drug-likeness (QED) is 0.131. The summed E-state index contributed by atoms with van der Waals surface area (Å²) in [6.07, 6.45) is 3.30. The van der Waals surface area contributed by atoms with Crippen molar-refractivity contribution in [3.05, 3.63) is 40.3 Å². The van der Waals surface area contributed by atoms with Gasteiger partial charge in [0, 0.05) is 49.6 Å². The fourth-order valence-corrected chi connectivity index (χ4v) is 5.69. The maximum atomic E-state index is 13.3. The van der Waals surface area contributed by atoms with Crippen LogP contribution < -0.4 is 20.9 Å². The summed E-state index contributed by atoms with van der Waals surface area (Å²) in [6.45, 7) is 6.73. The number of methoxy groups -OCH3 is 1. The Morgan fingerprint density at radius 2 is 1.70 bits per heavy atom. The zero-order valence-electron chi connectivity index (χ0n) is 26.0. The molecule has 240 valence electrons. The molecule has 3 N–H and O–H groups in total. The van der Waals surface area contributed by atoms with Crippen molar-refractivity contribution in [3.8, 4) is 0 Å². The van der Waals surface area contributed by atoms with E-state index < -0.39 is 35.9 Å². The van der Waals surface area contributed by atoms with Gasteiger partial charge in [-0.15, -0.1) is 0 Å². The number of likely N-dealkylation sites (tertiary alicyclic amines) is 1. The van der Waals surface area contributed by atoms with Gasteiger partial charge in [0.15, 0.2) is 0 Å². The predicted octanol–water partition coefficient (Wildman–Crippen LogP) is 1.82. The molecule has 2 aliphatic rings. The second kappa shape index (κ2) is 16.5. The molecule has 3 rings (SSSR count). The third-order valence-electron chi connectivity index (χ3n) is 7.89. The van der Waals surface area contributed by atoms with E-state index in [1.807, 2.05) is 38.1 Å². The average Bonchev–Trinajstić information content (AvgIpc) is 3.49. The summed E-state index contributed by atoms with van der Waals surface area (Å²) >= 11 is 0. The van der Waals surface area contributed by atoms with Crippen molar-refractivity contribution in [2.45, 2.75) is 83.5 Å². The molecule has 2 heterocycles. The van der Waals surface area contributed by atoms with Crippen molar-refractivity contribution in [3.63, 3.8) is 0 Å². The molecule has 0 aliphatic carbocycles. The maximum Gasteiger partial charge on any atom is 0.328 e. The first-order chi connectivity index (χ1) is 21.0. The highest BCUT2D eigenvalue weighted by Crippen LogP contribution is 2.23. The van der Waals surface area contributed by atoms with Gasteiger partial charge in [0.1, 0.15) is 18.1 Å². The number of rotatable bonds is 13. The first-order valence-electron chi connectivity index (χ1n) is 15.1. The molecule has 0 radical (unpaired) electrons. The molecule has 0 unspecified atom stereocenters. The summed E-state index contributed by atoms with van der Waals surface area (Å²) in [5.74, 6) is -2.23. The Labute approximate surface area is 257 Å². The van der Waals surface area contributed by atoms with Crippen LogP contribution in [0.4, 0.5) is 5.69 Å². The van der Waals surface area contributed by atoms with Crippen molar-refractivity contribution in [1.82, 2.24) is 20.9 Å². The highest BCUT2D eigenvalue weighted by Gasteiger charge is 2.38. The van der Waals surface area contributed by atoms with Crippen LogP contribution in [0.3, 0.4) is 0 Å². The lowest BCUT2D eigenvalue weighted by atomic mass is 10.0. The zero-order chi connectivity index (χ0) is 32.2. The van der Waals surface area contributed by atoms with Crippen LogP contribution in [-0.4, -0.2) is 92.0 Å². The lowest BCUT2D eigenvalue weighted by molar-refractivity contribution is -0.152. The van der Waals surface area contributed by atoms with Crippen LogP contribution in [0.5, 0.6) is 0 Å². The monoisotopic (exact) mass is 612 g/mol. The number of carbonyl (C=O) groups is 5. The molecule has 2 aliphatic heterocycles. The Bertz CT molecular complexity index is 1220. The van der Waals surface area contributed by atoms with Gasteiger partial charge in [0.2, 0.25) is 23.6 Å². The number of esters is 1. The van der Waals surface area contributed by atoms with Crippen LogP contribution in [0.15, 0.2) is 29.4 Å². The lowest BCUT2D eigenvalue weighted by Crippen LogP contribution is -2.54. The number of benzene rings is 1. The number of hydrogen-bond acceptors (Lipinski definition) is 8. The molecule has 0 aromatic heterocycles. The SMILES string of the molecule is COC(=O)[C@@H]1CCCN1C(=O)[C@H](CC(C)C)NC(=O)CNC(=O)[C@H](Cc1ccc(N2CCC(N=[N+]=[N-])CC2)cc1)NC(C)=O. The molecule has 4 amide bonds. The van der Waals surface area contributed by atoms with E-state index >= 15 is 0 Å². The molecule has 14 nitrogen and oxygen atoms in total. The third kappa shape index (κ3) is 9.87. The van der Waals surface area contributed by atoms with Crippen LogP contribution >= 0.6 is 0 Å². The molecule has 1 aromatic carbocycles. The van der Waals surface area contributed by atoms with Crippen molar-refractivity contribution >= 4 is 35.3 Å². The zero-order valence-corrected chi connectivity index (χ0v) is 26.0. The van der Waals surface area contributed by atoms with Crippen LogP contribution in [0.2, 0.25) is 0 Å². The largest absolute Gasteiger partial charge is 0.467 e. The van der Waals surface area contributed by atoms with Crippen LogP contribution in [0.25, 0.3) is 10.4 Å². The first-order valence-corrected chi connectivity index (χ1v) is 15.1. The second-order valence-electron chi connectivity index (χ2n) is 11.7. The first kappa shape index (κ1) is 34.2. The molecular formula is C30H44N8O6. The summed E-state index contributed by atoms with van der Waals surface area (Å²) in [5.41, 5.74) is 10.5. The minimum atomic E-state index is -0.913. The molecule has 2 fully saturated rings. The fraction of sp³-hybridized carbons (Fsp3) is 0.633. The molecule has 0 spiro atoms. The van der Waals surface area contributed by atoms with Gasteiger partial charge in [-0.2, -0.15) is 0 Å². The number of nitrogens with one attached hydrogen (secondary N) is 3. The van der Waals surface area contributed by atoms with Gasteiger partial charge in [-0.3, -0.25) is 19.2 Å². The molecule has 14 heteroatoms. The molecular weight excluding hydrogens is 568 g/mol. The van der Waals surface area contributed by atoms with E-state index in [1.165, 1.54) is 18.9 Å². The Kier molecular flexibility index (Phi) is 12.8. The van der Waals surface area contributed by atoms with Crippen LogP contribution in [0, 0.1) is 5.92 Å². The van der Waals surface area contributed by atoms with E-state index in [0.29, 0.717) is 25.8 Å². The van der Waals surface area contributed by atoms with Crippen molar-refractivity contribution in [2.24, 2.45) is 11.0 Å². The lowest BCUT2D eigenvalue weighted by Gasteiger charge is -2.32. The summed E-state index contributed by atoms with van der Waals surface area (Å²) in [5, 5.41) is 11.8. The van der Waals surface area contributed by atoms with Crippen LogP contribution in [0.1, 0.15) is 58.4 Å². The van der Waals surface area contributed by atoms with Gasteiger partial charge >= 0.3 is 5.97 Å². The number of ether oxygens (including phenoxy) is 1. The van der Waals surface area contributed by atoms with Crippen molar-refractivity contribution in [1.29, 1.82) is 0 Å².